The summed E-state index contributed by atoms with van der Waals surface area (Å²) in [4.78, 5) is 37.8. The Morgan fingerprint density at radius 2 is 1.87 bits per heavy atom. The van der Waals surface area contributed by atoms with Gasteiger partial charge in [0.1, 0.15) is 11.3 Å². The Balaban J connectivity index is 1.98. The average Bonchev–Trinajstić information content (AvgIpc) is 2.72. The lowest BCUT2D eigenvalue weighted by Crippen LogP contribution is -2.54. The van der Waals surface area contributed by atoms with Gasteiger partial charge in [0.15, 0.2) is 5.11 Å². The van der Waals surface area contributed by atoms with Crippen molar-refractivity contribution in [3.63, 3.8) is 0 Å². The number of carboxylic acid groups (broad SMARTS) is 1. The molecule has 30 heavy (non-hydrogen) atoms. The number of para-hydroxylation sites is 1. The molecule has 1 fully saturated rings. The first kappa shape index (κ1) is 21.2. The first-order valence-electron chi connectivity index (χ1n) is 9.32. The van der Waals surface area contributed by atoms with E-state index in [9.17, 15) is 14.4 Å². The van der Waals surface area contributed by atoms with Crippen molar-refractivity contribution in [2.75, 3.05) is 4.90 Å². The highest BCUT2D eigenvalue weighted by Gasteiger charge is 2.34. The van der Waals surface area contributed by atoms with Gasteiger partial charge in [-0.15, -0.1) is 0 Å². The van der Waals surface area contributed by atoms with Gasteiger partial charge in [-0.05, 0) is 62.0 Å². The second-order valence-electron chi connectivity index (χ2n) is 6.68. The standard InChI is InChI=1S/C22H20N2O5S/c1-3-13(2)29-18-7-5-4-6-15(18)12-17-19(25)23-22(30)24(20(17)26)16-10-8-14(9-11-16)21(27)28/h4-13H,3H2,1-2H3,(H,27,28)(H,23,25,30)/b17-12+/t13-/m0/s1. The maximum atomic E-state index is 13.1. The minimum Gasteiger partial charge on any atom is -0.490 e. The van der Waals surface area contributed by atoms with Crippen LogP contribution in [0.15, 0.2) is 54.1 Å². The van der Waals surface area contributed by atoms with Crippen LogP contribution >= 0.6 is 12.2 Å². The van der Waals surface area contributed by atoms with Crippen LogP contribution in [0.4, 0.5) is 5.69 Å². The van der Waals surface area contributed by atoms with E-state index in [1.54, 1.807) is 18.2 Å². The topological polar surface area (TPSA) is 95.9 Å². The molecule has 7 nitrogen and oxygen atoms in total. The summed E-state index contributed by atoms with van der Waals surface area (Å²) in [6.07, 6.45) is 2.24. The van der Waals surface area contributed by atoms with Crippen LogP contribution in [-0.4, -0.2) is 34.1 Å². The molecule has 154 valence electrons. The van der Waals surface area contributed by atoms with E-state index in [4.69, 9.17) is 22.1 Å². The minimum atomic E-state index is -1.08. The summed E-state index contributed by atoms with van der Waals surface area (Å²) in [6, 6.07) is 12.8. The Labute approximate surface area is 179 Å². The third-order valence-electron chi connectivity index (χ3n) is 4.60. The van der Waals surface area contributed by atoms with Crippen LogP contribution in [0.5, 0.6) is 5.75 Å². The van der Waals surface area contributed by atoms with Gasteiger partial charge < -0.3 is 9.84 Å². The summed E-state index contributed by atoms with van der Waals surface area (Å²) in [6.45, 7) is 3.93. The Kier molecular flexibility index (Phi) is 6.27. The third kappa shape index (κ3) is 4.38. The second kappa shape index (κ2) is 8.87. The number of nitrogens with zero attached hydrogens (tertiary/aromatic N) is 1. The molecule has 0 unspecified atom stereocenters. The zero-order valence-electron chi connectivity index (χ0n) is 16.4. The molecule has 0 spiro atoms. The number of rotatable bonds is 6. The molecule has 0 aliphatic carbocycles. The number of benzene rings is 2. The van der Waals surface area contributed by atoms with Crippen LogP contribution in [0, 0.1) is 0 Å². The lowest BCUT2D eigenvalue weighted by molar-refractivity contribution is -0.122. The molecule has 3 rings (SSSR count). The van der Waals surface area contributed by atoms with Crippen LogP contribution in [0.3, 0.4) is 0 Å². The number of aromatic carboxylic acids is 1. The highest BCUT2D eigenvalue weighted by atomic mass is 32.1. The molecule has 2 amide bonds. The summed E-state index contributed by atoms with van der Waals surface area (Å²) < 4.78 is 5.89. The van der Waals surface area contributed by atoms with Gasteiger partial charge in [0, 0.05) is 5.56 Å². The summed E-state index contributed by atoms with van der Waals surface area (Å²) in [5, 5.41) is 11.5. The third-order valence-corrected chi connectivity index (χ3v) is 4.88. The van der Waals surface area contributed by atoms with Gasteiger partial charge in [-0.3, -0.25) is 19.8 Å². The fourth-order valence-corrected chi connectivity index (χ4v) is 3.09. The zero-order valence-corrected chi connectivity index (χ0v) is 17.2. The Hall–Kier alpha value is -3.52. The number of hydrogen-bond acceptors (Lipinski definition) is 5. The summed E-state index contributed by atoms with van der Waals surface area (Å²) >= 11 is 5.17. The van der Waals surface area contributed by atoms with Gasteiger partial charge in [-0.25, -0.2) is 4.79 Å². The number of ether oxygens (including phenoxy) is 1. The van der Waals surface area contributed by atoms with Gasteiger partial charge in [-0.1, -0.05) is 25.1 Å². The smallest absolute Gasteiger partial charge is 0.335 e. The first-order chi connectivity index (χ1) is 14.3. The van der Waals surface area contributed by atoms with Crippen molar-refractivity contribution in [2.45, 2.75) is 26.4 Å². The van der Waals surface area contributed by atoms with Crippen LogP contribution < -0.4 is 15.0 Å². The van der Waals surface area contributed by atoms with E-state index in [0.29, 0.717) is 17.0 Å². The molecule has 0 radical (unpaired) electrons. The van der Waals surface area contributed by atoms with E-state index in [-0.39, 0.29) is 22.4 Å². The number of nitrogens with one attached hydrogen (secondary N) is 1. The molecule has 1 aliphatic rings. The van der Waals surface area contributed by atoms with E-state index < -0.39 is 17.8 Å². The fraction of sp³-hybridized carbons (Fsp3) is 0.182. The van der Waals surface area contributed by atoms with Crippen molar-refractivity contribution in [1.82, 2.24) is 5.32 Å². The highest BCUT2D eigenvalue weighted by molar-refractivity contribution is 7.80. The maximum absolute atomic E-state index is 13.1. The monoisotopic (exact) mass is 424 g/mol. The SMILES string of the molecule is CC[C@H](C)Oc1ccccc1/C=C1\C(=O)NC(=S)N(c2ccc(C(=O)O)cc2)C1=O. The van der Waals surface area contributed by atoms with E-state index in [1.807, 2.05) is 19.9 Å². The van der Waals surface area contributed by atoms with E-state index in [0.717, 1.165) is 11.3 Å². The van der Waals surface area contributed by atoms with Crippen molar-refractivity contribution in [3.05, 3.63) is 65.2 Å². The predicted molar refractivity (Wildman–Crippen MR) is 116 cm³/mol. The normalized spacial score (nSPS) is 16.4. The molecule has 2 aromatic rings. The number of hydrogen-bond donors (Lipinski definition) is 2. The highest BCUT2D eigenvalue weighted by Crippen LogP contribution is 2.26. The zero-order chi connectivity index (χ0) is 21.8. The Morgan fingerprint density at radius 1 is 1.20 bits per heavy atom. The summed E-state index contributed by atoms with van der Waals surface area (Å²) in [5.74, 6) is -1.74. The number of anilines is 1. The molecule has 0 bridgehead atoms. The summed E-state index contributed by atoms with van der Waals surface area (Å²) in [5.41, 5.74) is 0.909. The van der Waals surface area contributed by atoms with Crippen LogP contribution in [0.2, 0.25) is 0 Å². The predicted octanol–water partition coefficient (Wildman–Crippen LogP) is 3.39. The molecule has 0 saturated carbocycles. The Morgan fingerprint density at radius 3 is 2.50 bits per heavy atom. The van der Waals surface area contributed by atoms with Gasteiger partial charge in [0.25, 0.3) is 11.8 Å². The molecular weight excluding hydrogens is 404 g/mol. The number of carboxylic acids is 1. The molecule has 2 N–H and O–H groups in total. The number of thiocarbonyl (C=S) groups is 1. The van der Waals surface area contributed by atoms with E-state index in [1.165, 1.54) is 30.3 Å². The van der Waals surface area contributed by atoms with Crippen molar-refractivity contribution in [2.24, 2.45) is 0 Å². The molecule has 1 heterocycles. The lowest BCUT2D eigenvalue weighted by atomic mass is 10.1. The van der Waals surface area contributed by atoms with Crippen molar-refractivity contribution >= 4 is 46.9 Å². The number of amides is 2. The van der Waals surface area contributed by atoms with Crippen molar-refractivity contribution < 1.29 is 24.2 Å². The minimum absolute atomic E-state index is 0.0303. The van der Waals surface area contributed by atoms with Crippen LogP contribution in [0.25, 0.3) is 6.08 Å². The fourth-order valence-electron chi connectivity index (χ4n) is 2.81. The molecule has 1 saturated heterocycles. The van der Waals surface area contributed by atoms with Crippen molar-refractivity contribution in [3.8, 4) is 5.75 Å². The van der Waals surface area contributed by atoms with Crippen LogP contribution in [-0.2, 0) is 9.59 Å². The van der Waals surface area contributed by atoms with Crippen LogP contribution in [0.1, 0.15) is 36.2 Å². The number of carbonyl (C=O) groups excluding carboxylic acids is 2. The maximum Gasteiger partial charge on any atom is 0.335 e. The molecular formula is C22H20N2O5S. The Bertz CT molecular complexity index is 1050. The summed E-state index contributed by atoms with van der Waals surface area (Å²) in [7, 11) is 0. The quantitative estimate of drug-likeness (QED) is 0.419. The van der Waals surface area contributed by atoms with Gasteiger partial charge in [0.05, 0.1) is 17.4 Å². The molecule has 1 atom stereocenters. The van der Waals surface area contributed by atoms with E-state index in [2.05, 4.69) is 5.32 Å². The number of carbonyl (C=O) groups is 3. The van der Waals surface area contributed by atoms with Crippen molar-refractivity contribution in [1.29, 1.82) is 0 Å². The molecule has 2 aromatic carbocycles. The van der Waals surface area contributed by atoms with Gasteiger partial charge in [0.2, 0.25) is 0 Å². The van der Waals surface area contributed by atoms with Gasteiger partial charge >= 0.3 is 5.97 Å². The second-order valence-corrected chi connectivity index (χ2v) is 7.07. The lowest BCUT2D eigenvalue weighted by Gasteiger charge is -2.29. The average molecular weight is 424 g/mol. The largest absolute Gasteiger partial charge is 0.490 e. The van der Waals surface area contributed by atoms with E-state index >= 15 is 0 Å². The molecule has 1 aliphatic heterocycles. The first-order valence-corrected chi connectivity index (χ1v) is 9.73. The molecule has 0 aromatic heterocycles. The molecule has 8 heteroatoms. The van der Waals surface area contributed by atoms with Gasteiger partial charge in [-0.2, -0.15) is 0 Å².